The van der Waals surface area contributed by atoms with Gasteiger partial charge in [0, 0.05) is 0 Å². The number of nitrogens with one attached hydrogen (secondary N) is 1. The lowest BCUT2D eigenvalue weighted by Crippen LogP contribution is -2.36. The Labute approximate surface area is 253 Å². The van der Waals surface area contributed by atoms with Crippen LogP contribution in [0.1, 0.15) is 12.5 Å². The number of aromatic amines is 1. The molecule has 4 aromatic heterocycles. The molecule has 234 valence electrons. The van der Waals surface area contributed by atoms with Crippen LogP contribution in [-0.4, -0.2) is 114 Å². The third-order valence-corrected chi connectivity index (χ3v) is 9.48. The second-order valence-corrected chi connectivity index (χ2v) is 13.4. The lowest BCUT2D eigenvalue weighted by molar-refractivity contribution is -0.0578. The van der Waals surface area contributed by atoms with Crippen molar-refractivity contribution in [1.29, 1.82) is 0 Å². The van der Waals surface area contributed by atoms with Gasteiger partial charge in [0.2, 0.25) is 21.1 Å². The van der Waals surface area contributed by atoms with Crippen molar-refractivity contribution >= 4 is 64.2 Å². The molecule has 45 heavy (non-hydrogen) atoms. The van der Waals surface area contributed by atoms with Crippen LogP contribution in [0.4, 0.5) is 11.8 Å². The number of fused-ring (bicyclic) bond motifs is 5. The Morgan fingerprint density at radius 1 is 0.844 bits per heavy atom. The molecule has 3 fully saturated rings. The molecular formula is C20H22B2N10O11P2. The maximum Gasteiger partial charge on any atom is 0.280 e. The number of nitrogen functional groups attached to an aromatic ring is 2. The van der Waals surface area contributed by atoms with Crippen molar-refractivity contribution in [2.45, 2.75) is 49.1 Å². The number of nitrogens with two attached hydrogens (primary N) is 2. The first kappa shape index (κ1) is 30.4. The van der Waals surface area contributed by atoms with E-state index >= 15 is 0 Å². The van der Waals surface area contributed by atoms with E-state index in [4.69, 9.17) is 54.2 Å². The van der Waals surface area contributed by atoms with E-state index in [1.807, 2.05) is 0 Å². The fraction of sp³-hybridized carbons (Fsp3) is 0.500. The molecule has 4 radical (unpaired) electrons. The van der Waals surface area contributed by atoms with Crippen LogP contribution in [0, 0.1) is 0 Å². The number of H-pyrrole nitrogens is 1. The highest BCUT2D eigenvalue weighted by Gasteiger charge is 2.52. The predicted molar refractivity (Wildman–Crippen MR) is 151 cm³/mol. The van der Waals surface area contributed by atoms with Crippen molar-refractivity contribution < 1.29 is 46.9 Å². The summed E-state index contributed by atoms with van der Waals surface area (Å²) in [6, 6.07) is 0. The molecule has 4 aromatic rings. The number of anilines is 2. The molecule has 25 heteroatoms. The summed E-state index contributed by atoms with van der Waals surface area (Å²) < 4.78 is 62.9. The number of nitrogens with zero attached hydrogens (tertiary/aromatic N) is 7. The van der Waals surface area contributed by atoms with E-state index in [1.54, 1.807) is 0 Å². The van der Waals surface area contributed by atoms with E-state index in [0.29, 0.717) is 0 Å². The molecule has 2 unspecified atom stereocenters. The van der Waals surface area contributed by atoms with Crippen molar-refractivity contribution in [3.05, 3.63) is 29.3 Å². The van der Waals surface area contributed by atoms with E-state index in [-0.39, 0.29) is 34.1 Å². The zero-order chi connectivity index (χ0) is 31.8. The summed E-state index contributed by atoms with van der Waals surface area (Å²) in [7, 11) is 2.69. The van der Waals surface area contributed by atoms with Gasteiger partial charge in [-0.3, -0.25) is 28.0 Å². The molecule has 0 saturated carbocycles. The summed E-state index contributed by atoms with van der Waals surface area (Å²) in [5.74, 6) is -0.172. The Morgan fingerprint density at radius 2 is 1.47 bits per heavy atom. The van der Waals surface area contributed by atoms with Gasteiger partial charge in [-0.05, 0) is 0 Å². The molecule has 0 aliphatic carbocycles. The topological polar surface area (TPSA) is 289 Å². The minimum Gasteiger partial charge on any atom is -0.387 e. The van der Waals surface area contributed by atoms with Crippen molar-refractivity contribution in [1.82, 2.24) is 39.0 Å². The fourth-order valence-corrected chi connectivity index (χ4v) is 7.35. The van der Waals surface area contributed by atoms with Gasteiger partial charge in [-0.15, -0.1) is 0 Å². The standard InChI is InChI=1S/C20H22B2N10O11P2/c21-44(36)38-1-6-10(33)13(19(40-6)32-5-28-9-16(32)29-20(24)30-17(9)35)43-45(22,37)39-2-7-12(42-44)11(34)18(41-7)31-4-27-8-14(23)25-3-26-15(8)31/h3-7,10-13,18-19,33-34H,1-2H2,(H2,23,25,26)(H3,24,29,30,35)/t6?,7-,10+,11+,12+,13+,18?,19-,44-,45-/m1/s1. The van der Waals surface area contributed by atoms with E-state index in [0.717, 1.165) is 6.33 Å². The van der Waals surface area contributed by atoms with Crippen molar-refractivity contribution in [2.75, 3.05) is 24.7 Å². The molecule has 3 aliphatic rings. The van der Waals surface area contributed by atoms with Crippen LogP contribution in [0.25, 0.3) is 22.3 Å². The summed E-state index contributed by atoms with van der Waals surface area (Å²) in [5, 5.41) is 22.3. The smallest absolute Gasteiger partial charge is 0.280 e. The van der Waals surface area contributed by atoms with Gasteiger partial charge in [0.1, 0.15) is 48.5 Å². The number of aliphatic hydroxyl groups excluding tert-OH is 2. The lowest BCUT2D eigenvalue weighted by atomic mass is 10.1. The van der Waals surface area contributed by atoms with Gasteiger partial charge in [-0.2, -0.15) is 4.98 Å². The Bertz CT molecular complexity index is 1940. The SMILES string of the molecule is [B][P@@]1(=O)OCC2O[C@@H](n3cnc4c(=O)[nH]c(N)nc43)[C@@H](O[P@]([B])(=O)OC[C@H]3OC(n4cnc5c(N)ncnc54)[C@@H](O)[C@H]3O1)[C@H]2O. The van der Waals surface area contributed by atoms with Crippen molar-refractivity contribution in [3.63, 3.8) is 0 Å². The van der Waals surface area contributed by atoms with Gasteiger partial charge in [0.25, 0.3) is 20.5 Å². The summed E-state index contributed by atoms with van der Waals surface area (Å²) >= 11 is 0. The molecule has 0 aromatic carbocycles. The molecule has 0 spiro atoms. The molecule has 3 saturated heterocycles. The molecule has 7 heterocycles. The molecule has 2 bridgehead atoms. The van der Waals surface area contributed by atoms with E-state index in [2.05, 4.69) is 29.9 Å². The Kier molecular flexibility index (Phi) is 7.40. The first-order chi connectivity index (χ1) is 21.3. The molecule has 7 rings (SSSR count). The molecule has 10 atom stereocenters. The molecule has 21 nitrogen and oxygen atoms in total. The number of aromatic nitrogens is 8. The van der Waals surface area contributed by atoms with Gasteiger partial charge >= 0.3 is 0 Å². The third kappa shape index (κ3) is 5.38. The highest BCUT2D eigenvalue weighted by atomic mass is 31.2. The van der Waals surface area contributed by atoms with Gasteiger partial charge in [-0.1, -0.05) is 0 Å². The van der Waals surface area contributed by atoms with Crippen LogP contribution in [0.5, 0.6) is 0 Å². The largest absolute Gasteiger partial charge is 0.387 e. The van der Waals surface area contributed by atoms with Crippen molar-refractivity contribution in [2.24, 2.45) is 0 Å². The summed E-state index contributed by atoms with van der Waals surface area (Å²) in [4.78, 5) is 34.8. The van der Waals surface area contributed by atoms with Gasteiger partial charge < -0.3 is 49.2 Å². The van der Waals surface area contributed by atoms with Crippen LogP contribution < -0.4 is 17.0 Å². The average Bonchev–Trinajstić information content (AvgIpc) is 3.72. The van der Waals surface area contributed by atoms with Gasteiger partial charge in [-0.25, -0.2) is 19.9 Å². The van der Waals surface area contributed by atoms with Gasteiger partial charge in [0.05, 0.1) is 25.9 Å². The summed E-state index contributed by atoms with van der Waals surface area (Å²) in [6.45, 7) is -1.31. The quantitative estimate of drug-likeness (QED) is 0.115. The minimum atomic E-state index is -4.58. The van der Waals surface area contributed by atoms with E-state index < -0.39 is 82.8 Å². The van der Waals surface area contributed by atoms with Crippen LogP contribution in [0.3, 0.4) is 0 Å². The fourth-order valence-electron chi connectivity index (χ4n) is 5.35. The third-order valence-electron chi connectivity index (χ3n) is 7.38. The number of rotatable bonds is 2. The average molecular weight is 662 g/mol. The predicted octanol–water partition coefficient (Wildman–Crippen LogP) is -1.99. The second-order valence-electron chi connectivity index (χ2n) is 10.3. The highest BCUT2D eigenvalue weighted by Crippen LogP contribution is 2.53. The maximum atomic E-state index is 13.4. The normalized spacial score (nSPS) is 37.6. The number of hydrogen-bond donors (Lipinski definition) is 5. The Hall–Kier alpha value is -3.23. The maximum absolute atomic E-state index is 13.4. The first-order valence-electron chi connectivity index (χ1n) is 13.1. The highest BCUT2D eigenvalue weighted by molar-refractivity contribution is 7.79. The number of aliphatic hydroxyl groups is 2. The van der Waals surface area contributed by atoms with Crippen molar-refractivity contribution in [3.8, 4) is 0 Å². The second kappa shape index (κ2) is 10.9. The monoisotopic (exact) mass is 662 g/mol. The number of imidazole rings is 2. The van der Waals surface area contributed by atoms with Crippen LogP contribution in [0.15, 0.2) is 23.8 Å². The van der Waals surface area contributed by atoms with Crippen LogP contribution in [-0.2, 0) is 36.7 Å². The Balaban J connectivity index is 1.21. The molecule has 0 amide bonds. The van der Waals surface area contributed by atoms with E-state index in [9.17, 15) is 24.1 Å². The summed E-state index contributed by atoms with van der Waals surface area (Å²) in [6.07, 6.45) is -7.94. The lowest BCUT2D eigenvalue weighted by Gasteiger charge is -2.28. The van der Waals surface area contributed by atoms with Crippen LogP contribution in [0.2, 0.25) is 0 Å². The zero-order valence-electron chi connectivity index (χ0n) is 22.7. The number of hydrogen-bond acceptors (Lipinski definition) is 18. The summed E-state index contributed by atoms with van der Waals surface area (Å²) in [5.41, 5.74) is 11.1. The first-order valence-corrected chi connectivity index (χ1v) is 16.3. The molecular weight excluding hydrogens is 640 g/mol. The van der Waals surface area contributed by atoms with Crippen LogP contribution >= 0.6 is 14.9 Å². The Morgan fingerprint density at radius 3 is 2.20 bits per heavy atom. The van der Waals surface area contributed by atoms with E-state index in [1.165, 1.54) is 21.8 Å². The van der Waals surface area contributed by atoms with Gasteiger partial charge in [0.15, 0.2) is 35.1 Å². The minimum absolute atomic E-state index is 0.0633. The molecule has 7 N–H and O–H groups in total. The zero-order valence-corrected chi connectivity index (χ0v) is 24.5. The number of ether oxygens (including phenoxy) is 2. The molecule has 3 aliphatic heterocycles.